The van der Waals surface area contributed by atoms with Crippen LogP contribution >= 0.6 is 11.6 Å². The van der Waals surface area contributed by atoms with Crippen LogP contribution in [-0.2, 0) is 13.1 Å². The van der Waals surface area contributed by atoms with E-state index < -0.39 is 0 Å². The molecule has 2 aromatic heterocycles. The lowest BCUT2D eigenvalue weighted by atomic mass is 10.0. The van der Waals surface area contributed by atoms with Crippen LogP contribution in [0.3, 0.4) is 0 Å². The zero-order valence-corrected chi connectivity index (χ0v) is 20.6. The van der Waals surface area contributed by atoms with Crippen molar-refractivity contribution in [2.75, 3.05) is 24.8 Å². The summed E-state index contributed by atoms with van der Waals surface area (Å²) < 4.78 is 12.9. The molecule has 0 atom stereocenters. The molecule has 0 aliphatic carbocycles. The first-order chi connectivity index (χ1) is 17.7. The fourth-order valence-corrected chi connectivity index (χ4v) is 5.35. The van der Waals surface area contributed by atoms with E-state index in [9.17, 15) is 4.79 Å². The normalized spacial score (nSPS) is 15.4. The Morgan fingerprint density at radius 3 is 2.61 bits per heavy atom. The average Bonchev–Trinajstić information content (AvgIpc) is 3.38. The van der Waals surface area contributed by atoms with E-state index in [0.29, 0.717) is 18.1 Å². The molecule has 36 heavy (non-hydrogen) atoms. The molecule has 0 bridgehead atoms. The second kappa shape index (κ2) is 9.84. The molecule has 0 amide bonds. The number of nitrogens with zero attached hydrogens (tertiary/aromatic N) is 3. The van der Waals surface area contributed by atoms with Gasteiger partial charge in [0.1, 0.15) is 0 Å². The molecular weight excluding hydrogens is 476 g/mol. The summed E-state index contributed by atoms with van der Waals surface area (Å²) in [5, 5.41) is 5.07. The predicted octanol–water partition coefficient (Wildman–Crippen LogP) is 4.59. The number of halogens is 1. The van der Waals surface area contributed by atoms with Gasteiger partial charge < -0.3 is 24.3 Å². The number of pyridine rings is 2. The van der Waals surface area contributed by atoms with Gasteiger partial charge in [0.25, 0.3) is 5.56 Å². The number of benzene rings is 2. The lowest BCUT2D eigenvalue weighted by Crippen LogP contribution is -2.43. The molecule has 184 valence electrons. The highest BCUT2D eigenvalue weighted by atomic mass is 35.5. The van der Waals surface area contributed by atoms with Crippen LogP contribution < -0.4 is 25.2 Å². The molecule has 2 aliphatic rings. The van der Waals surface area contributed by atoms with Crippen LogP contribution in [0, 0.1) is 0 Å². The van der Waals surface area contributed by atoms with Crippen LogP contribution in [0.15, 0.2) is 71.8 Å². The van der Waals surface area contributed by atoms with Gasteiger partial charge >= 0.3 is 0 Å². The Morgan fingerprint density at radius 1 is 0.972 bits per heavy atom. The van der Waals surface area contributed by atoms with E-state index in [1.807, 2.05) is 47.0 Å². The Hall–Kier alpha value is -3.55. The van der Waals surface area contributed by atoms with Gasteiger partial charge in [0, 0.05) is 41.5 Å². The Bertz CT molecular complexity index is 1450. The predicted molar refractivity (Wildman–Crippen MR) is 141 cm³/mol. The van der Waals surface area contributed by atoms with Gasteiger partial charge in [0.15, 0.2) is 11.5 Å². The molecule has 2 aromatic carbocycles. The first-order valence-electron chi connectivity index (χ1n) is 12.2. The number of aromatic nitrogens is 2. The Kier molecular flexibility index (Phi) is 6.25. The van der Waals surface area contributed by atoms with Gasteiger partial charge in [-0.15, -0.1) is 0 Å². The maximum absolute atomic E-state index is 13.6. The van der Waals surface area contributed by atoms with Crippen molar-refractivity contribution in [1.82, 2.24) is 14.9 Å². The molecule has 0 unspecified atom stereocenters. The molecule has 0 spiro atoms. The van der Waals surface area contributed by atoms with Crippen LogP contribution in [0.25, 0.3) is 10.9 Å². The Balaban J connectivity index is 1.47. The molecule has 8 heteroatoms. The minimum atomic E-state index is -0.0405. The first kappa shape index (κ1) is 22.9. The zero-order valence-electron chi connectivity index (χ0n) is 19.8. The van der Waals surface area contributed by atoms with Crippen molar-refractivity contribution in [2.45, 2.75) is 32.0 Å². The lowest BCUT2D eigenvalue weighted by Gasteiger charge is -2.37. The minimum Gasteiger partial charge on any atom is -0.454 e. The summed E-state index contributed by atoms with van der Waals surface area (Å²) in [6.45, 7) is 3.25. The van der Waals surface area contributed by atoms with Crippen molar-refractivity contribution >= 4 is 28.2 Å². The van der Waals surface area contributed by atoms with Gasteiger partial charge in [-0.2, -0.15) is 0 Å². The van der Waals surface area contributed by atoms with Crippen molar-refractivity contribution in [2.24, 2.45) is 0 Å². The minimum absolute atomic E-state index is 0.0405. The lowest BCUT2D eigenvalue weighted by molar-refractivity contribution is 0.174. The second-order valence-corrected chi connectivity index (χ2v) is 9.70. The van der Waals surface area contributed by atoms with Crippen LogP contribution in [0.5, 0.6) is 11.5 Å². The summed E-state index contributed by atoms with van der Waals surface area (Å²) in [6.07, 6.45) is 5.48. The van der Waals surface area contributed by atoms with E-state index >= 15 is 0 Å². The third-order valence-electron chi connectivity index (χ3n) is 6.99. The summed E-state index contributed by atoms with van der Waals surface area (Å²) in [5.41, 5.74) is 3.86. The third kappa shape index (κ3) is 4.52. The molecule has 4 aromatic rings. The highest BCUT2D eigenvalue weighted by molar-refractivity contribution is 6.31. The van der Waals surface area contributed by atoms with E-state index in [2.05, 4.69) is 21.3 Å². The largest absolute Gasteiger partial charge is 0.454 e. The second-order valence-electron chi connectivity index (χ2n) is 9.27. The maximum atomic E-state index is 13.6. The molecule has 1 N–H and O–H groups in total. The van der Waals surface area contributed by atoms with Crippen molar-refractivity contribution in [3.63, 3.8) is 0 Å². The van der Waals surface area contributed by atoms with Crippen molar-refractivity contribution in [3.8, 4) is 11.5 Å². The molecule has 2 aliphatic heterocycles. The van der Waals surface area contributed by atoms with Crippen molar-refractivity contribution < 1.29 is 9.47 Å². The van der Waals surface area contributed by atoms with Crippen molar-refractivity contribution in [1.29, 1.82) is 0 Å². The summed E-state index contributed by atoms with van der Waals surface area (Å²) in [5.74, 6) is 1.53. The number of anilines is 1. The molecule has 1 fully saturated rings. The van der Waals surface area contributed by atoms with Gasteiger partial charge in [-0.25, -0.2) is 0 Å². The number of piperidine rings is 1. The van der Waals surface area contributed by atoms with Gasteiger partial charge in [-0.05, 0) is 79.5 Å². The molecular formula is C28H27ClN4O3. The third-order valence-corrected chi connectivity index (χ3v) is 7.23. The van der Waals surface area contributed by atoms with Gasteiger partial charge in [-0.1, -0.05) is 17.7 Å². The number of hydrogen-bond donors (Lipinski definition) is 1. The highest BCUT2D eigenvalue weighted by Gasteiger charge is 2.25. The molecule has 1 saturated heterocycles. The Labute approximate surface area is 214 Å². The van der Waals surface area contributed by atoms with E-state index in [1.165, 1.54) is 0 Å². The molecule has 0 radical (unpaired) electrons. The smallest absolute Gasteiger partial charge is 0.253 e. The highest BCUT2D eigenvalue weighted by Crippen LogP contribution is 2.36. The summed E-state index contributed by atoms with van der Waals surface area (Å²) in [4.78, 5) is 20.0. The number of rotatable bonds is 6. The summed E-state index contributed by atoms with van der Waals surface area (Å²) in [6, 6.07) is 17.8. The van der Waals surface area contributed by atoms with E-state index in [-0.39, 0.29) is 18.4 Å². The zero-order chi connectivity index (χ0) is 24.5. The van der Waals surface area contributed by atoms with Gasteiger partial charge in [-0.3, -0.25) is 9.78 Å². The quantitative estimate of drug-likeness (QED) is 0.416. The molecule has 7 nitrogen and oxygen atoms in total. The molecule has 6 rings (SSSR count). The SMILES string of the molecule is O=c1cc(N(Cc2ccc3c(c2)OCO3)C2CCNCC2)c2cc(Cl)ccc2n1Cc1ccncc1. The van der Waals surface area contributed by atoms with E-state index in [0.717, 1.165) is 65.1 Å². The number of hydrogen-bond acceptors (Lipinski definition) is 6. The van der Waals surface area contributed by atoms with E-state index in [1.54, 1.807) is 18.5 Å². The van der Waals surface area contributed by atoms with Crippen LogP contribution in [0.4, 0.5) is 5.69 Å². The number of ether oxygens (including phenoxy) is 2. The Morgan fingerprint density at radius 2 is 1.78 bits per heavy atom. The van der Waals surface area contributed by atoms with Crippen molar-refractivity contribution in [3.05, 3.63) is 93.5 Å². The van der Waals surface area contributed by atoms with Crippen LogP contribution in [0.1, 0.15) is 24.0 Å². The number of nitrogens with one attached hydrogen (secondary N) is 1. The summed E-state index contributed by atoms with van der Waals surface area (Å²) in [7, 11) is 0. The topological polar surface area (TPSA) is 68.6 Å². The van der Waals surface area contributed by atoms with Crippen LogP contribution in [0.2, 0.25) is 5.02 Å². The van der Waals surface area contributed by atoms with Gasteiger partial charge in [0.05, 0.1) is 17.7 Å². The standard InChI is InChI=1S/C28H27ClN4O3/c29-21-2-3-24-23(14-21)25(15-28(34)33(24)16-19-5-9-30-10-6-19)32(22-7-11-31-12-8-22)17-20-1-4-26-27(13-20)36-18-35-26/h1-6,9-10,13-15,22,31H,7-8,11-12,16-18H2. The average molecular weight is 503 g/mol. The maximum Gasteiger partial charge on any atom is 0.253 e. The first-order valence-corrected chi connectivity index (χ1v) is 12.6. The number of fused-ring (bicyclic) bond motifs is 2. The summed E-state index contributed by atoms with van der Waals surface area (Å²) >= 11 is 6.50. The van der Waals surface area contributed by atoms with Crippen LogP contribution in [-0.4, -0.2) is 35.5 Å². The molecule has 0 saturated carbocycles. The van der Waals surface area contributed by atoms with E-state index in [4.69, 9.17) is 21.1 Å². The monoisotopic (exact) mass is 502 g/mol. The fourth-order valence-electron chi connectivity index (χ4n) is 5.18. The fraction of sp³-hybridized carbons (Fsp3) is 0.286. The molecule has 4 heterocycles. The van der Waals surface area contributed by atoms with Gasteiger partial charge in [0.2, 0.25) is 6.79 Å².